The average molecular weight is 239 g/mol. The topological polar surface area (TPSA) is 74.1 Å². The van der Waals surface area contributed by atoms with E-state index in [4.69, 9.17) is 0 Å². The highest BCUT2D eigenvalue weighted by Gasteiger charge is 2.10. The number of rotatable bonds is 3. The Hall–Kier alpha value is -1.89. The van der Waals surface area contributed by atoms with E-state index in [2.05, 4.69) is 21.2 Å². The van der Waals surface area contributed by atoms with E-state index in [-0.39, 0.29) is 0 Å². The van der Waals surface area contributed by atoms with Gasteiger partial charge in [-0.15, -0.1) is 5.10 Å². The van der Waals surface area contributed by atoms with Crippen LogP contribution in [0.3, 0.4) is 0 Å². The minimum absolute atomic E-state index is 0.475. The molecular formula is C9H9N3O3S. The van der Waals surface area contributed by atoms with E-state index in [9.17, 15) is 8.42 Å². The Morgan fingerprint density at radius 2 is 2.25 bits per heavy atom. The first-order valence-corrected chi connectivity index (χ1v) is 6.19. The maximum absolute atomic E-state index is 11.0. The second-order valence-corrected chi connectivity index (χ2v) is 4.75. The molecule has 16 heavy (non-hydrogen) atoms. The Balaban J connectivity index is 2.58. The van der Waals surface area contributed by atoms with Gasteiger partial charge in [0.1, 0.15) is 11.0 Å². The molecule has 84 valence electrons. The fourth-order valence-corrected chi connectivity index (χ4v) is 1.59. The molecule has 0 aliphatic carbocycles. The van der Waals surface area contributed by atoms with Crippen LogP contribution in [-0.2, 0) is 10.1 Å². The monoisotopic (exact) mass is 239 g/mol. The largest absolute Gasteiger partial charge is 0.325 e. The van der Waals surface area contributed by atoms with E-state index in [1.807, 2.05) is 0 Å². The van der Waals surface area contributed by atoms with Crippen LogP contribution in [0.15, 0.2) is 24.8 Å². The van der Waals surface area contributed by atoms with E-state index in [1.165, 1.54) is 0 Å². The maximum Gasteiger partial charge on any atom is 0.325 e. The number of fused-ring (bicyclic) bond motifs is 1. The summed E-state index contributed by atoms with van der Waals surface area (Å²) in [7, 11) is -3.62. The third-order valence-corrected chi connectivity index (χ3v) is 2.29. The lowest BCUT2D eigenvalue weighted by Crippen LogP contribution is -2.19. The molecule has 1 heterocycles. The summed E-state index contributed by atoms with van der Waals surface area (Å²) in [6.45, 7) is 3.62. The van der Waals surface area contributed by atoms with E-state index >= 15 is 0 Å². The summed E-state index contributed by atoms with van der Waals surface area (Å²) in [4.78, 5) is 0.873. The van der Waals surface area contributed by atoms with Crippen molar-refractivity contribution in [1.29, 1.82) is 0 Å². The zero-order valence-corrected chi connectivity index (χ0v) is 9.31. The molecule has 1 aromatic heterocycles. The molecule has 7 heteroatoms. The molecule has 0 aliphatic heterocycles. The van der Waals surface area contributed by atoms with Crippen molar-refractivity contribution in [3.63, 3.8) is 0 Å². The molecule has 0 unspecified atom stereocenters. The van der Waals surface area contributed by atoms with Gasteiger partial charge in [0, 0.05) is 0 Å². The van der Waals surface area contributed by atoms with Gasteiger partial charge in [0.25, 0.3) is 0 Å². The average Bonchev–Trinajstić information content (AvgIpc) is 2.58. The Bertz CT molecular complexity index is 645. The van der Waals surface area contributed by atoms with Gasteiger partial charge in [-0.05, 0) is 22.9 Å². The van der Waals surface area contributed by atoms with Crippen LogP contribution in [-0.4, -0.2) is 29.8 Å². The van der Waals surface area contributed by atoms with Crippen molar-refractivity contribution in [3.05, 3.63) is 30.3 Å². The standard InChI is InChI=1S/C9H9N3O3S/c1-3-7-4-5-8-9(6-7)12(11-10-8)15-16(2,13)14/h3-6H,1H2,2H3. The zero-order chi connectivity index (χ0) is 11.8. The SMILES string of the molecule is C=Cc1ccc2nnn(OS(C)(=O)=O)c2c1. The fraction of sp³-hybridized carbons (Fsp3) is 0.111. The van der Waals surface area contributed by atoms with E-state index in [1.54, 1.807) is 24.3 Å². The fourth-order valence-electron chi connectivity index (χ4n) is 1.23. The summed E-state index contributed by atoms with van der Waals surface area (Å²) in [5, 5.41) is 7.35. The summed E-state index contributed by atoms with van der Waals surface area (Å²) in [5.74, 6) is 0. The molecule has 0 saturated carbocycles. The lowest BCUT2D eigenvalue weighted by molar-refractivity contribution is 0.247. The number of nitrogens with zero attached hydrogens (tertiary/aromatic N) is 3. The van der Waals surface area contributed by atoms with Crippen LogP contribution in [0.5, 0.6) is 0 Å². The lowest BCUT2D eigenvalue weighted by atomic mass is 10.2. The van der Waals surface area contributed by atoms with Crippen molar-refractivity contribution >= 4 is 27.2 Å². The van der Waals surface area contributed by atoms with Crippen molar-refractivity contribution in [1.82, 2.24) is 15.2 Å². The summed E-state index contributed by atoms with van der Waals surface area (Å²) >= 11 is 0. The van der Waals surface area contributed by atoms with Crippen LogP contribution in [0.4, 0.5) is 0 Å². The number of benzene rings is 1. The van der Waals surface area contributed by atoms with Gasteiger partial charge in [-0.2, -0.15) is 8.42 Å². The van der Waals surface area contributed by atoms with E-state index < -0.39 is 10.1 Å². The van der Waals surface area contributed by atoms with Gasteiger partial charge in [-0.1, -0.05) is 23.6 Å². The van der Waals surface area contributed by atoms with Gasteiger partial charge < -0.3 is 0 Å². The van der Waals surface area contributed by atoms with Crippen LogP contribution in [0.25, 0.3) is 17.1 Å². The summed E-state index contributed by atoms with van der Waals surface area (Å²) < 4.78 is 26.6. The number of hydrogen-bond donors (Lipinski definition) is 0. The molecular weight excluding hydrogens is 230 g/mol. The van der Waals surface area contributed by atoms with Crippen molar-refractivity contribution in [2.45, 2.75) is 0 Å². The first-order valence-electron chi connectivity index (χ1n) is 4.37. The van der Waals surface area contributed by atoms with Crippen molar-refractivity contribution in [3.8, 4) is 0 Å². The van der Waals surface area contributed by atoms with Crippen LogP contribution >= 0.6 is 0 Å². The highest BCUT2D eigenvalue weighted by atomic mass is 32.2. The highest BCUT2D eigenvalue weighted by molar-refractivity contribution is 7.86. The minimum atomic E-state index is -3.62. The number of hydrogen-bond acceptors (Lipinski definition) is 5. The predicted molar refractivity (Wildman–Crippen MR) is 59.0 cm³/mol. The third kappa shape index (κ3) is 2.03. The van der Waals surface area contributed by atoms with Gasteiger partial charge in [0.2, 0.25) is 0 Å². The molecule has 0 spiro atoms. The second kappa shape index (κ2) is 3.60. The Morgan fingerprint density at radius 3 is 2.88 bits per heavy atom. The smallest absolute Gasteiger partial charge is 0.268 e. The second-order valence-electron chi connectivity index (χ2n) is 3.19. The maximum atomic E-state index is 11.0. The molecule has 0 bridgehead atoms. The van der Waals surface area contributed by atoms with Gasteiger partial charge in [0.15, 0.2) is 0 Å². The van der Waals surface area contributed by atoms with Gasteiger partial charge in [-0.25, -0.2) is 0 Å². The van der Waals surface area contributed by atoms with Gasteiger partial charge in [0.05, 0.1) is 6.26 Å². The molecule has 0 N–H and O–H groups in total. The number of aromatic nitrogens is 3. The molecule has 2 rings (SSSR count). The molecule has 1 aromatic carbocycles. The quantitative estimate of drug-likeness (QED) is 0.778. The highest BCUT2D eigenvalue weighted by Crippen LogP contribution is 2.13. The Morgan fingerprint density at radius 1 is 1.50 bits per heavy atom. The molecule has 0 radical (unpaired) electrons. The van der Waals surface area contributed by atoms with Crippen LogP contribution < -0.4 is 4.28 Å². The summed E-state index contributed by atoms with van der Waals surface area (Å²) in [5.41, 5.74) is 1.85. The van der Waals surface area contributed by atoms with Crippen LogP contribution in [0.2, 0.25) is 0 Å². The molecule has 6 nitrogen and oxygen atoms in total. The van der Waals surface area contributed by atoms with Crippen LogP contribution in [0, 0.1) is 0 Å². The summed E-state index contributed by atoms with van der Waals surface area (Å²) in [6.07, 6.45) is 2.58. The van der Waals surface area contributed by atoms with Gasteiger partial charge in [-0.3, -0.25) is 4.28 Å². The molecule has 0 amide bonds. The van der Waals surface area contributed by atoms with Crippen molar-refractivity contribution in [2.24, 2.45) is 0 Å². The van der Waals surface area contributed by atoms with Crippen LogP contribution in [0.1, 0.15) is 5.56 Å². The molecule has 0 atom stereocenters. The predicted octanol–water partition coefficient (Wildman–Crippen LogP) is 0.462. The first-order chi connectivity index (χ1) is 7.49. The van der Waals surface area contributed by atoms with Crippen molar-refractivity contribution < 1.29 is 12.7 Å². The molecule has 0 fully saturated rings. The Kier molecular flexibility index (Phi) is 2.39. The van der Waals surface area contributed by atoms with E-state index in [0.29, 0.717) is 11.0 Å². The molecule has 0 aliphatic rings. The van der Waals surface area contributed by atoms with Gasteiger partial charge >= 0.3 is 10.1 Å². The van der Waals surface area contributed by atoms with Crippen molar-refractivity contribution in [2.75, 3.05) is 6.26 Å². The normalized spacial score (nSPS) is 11.6. The third-order valence-electron chi connectivity index (χ3n) is 1.88. The van der Waals surface area contributed by atoms with E-state index in [0.717, 1.165) is 16.7 Å². The Labute approximate surface area is 92.2 Å². The molecule has 2 aromatic rings. The summed E-state index contributed by atoms with van der Waals surface area (Å²) in [6, 6.07) is 5.20. The lowest BCUT2D eigenvalue weighted by Gasteiger charge is -2.01. The first kappa shape index (κ1) is 10.6. The zero-order valence-electron chi connectivity index (χ0n) is 8.49. The minimum Gasteiger partial charge on any atom is -0.268 e. The molecule has 0 saturated heterocycles.